The van der Waals surface area contributed by atoms with Crippen LogP contribution >= 0.6 is 0 Å². The highest BCUT2D eigenvalue weighted by molar-refractivity contribution is 5.77. The van der Waals surface area contributed by atoms with Gasteiger partial charge < -0.3 is 20.7 Å². The fraction of sp³-hybridized carbons (Fsp3) is 0.889. The van der Waals surface area contributed by atoms with Crippen molar-refractivity contribution in [2.45, 2.75) is 6.92 Å². The van der Waals surface area contributed by atoms with E-state index in [1.54, 1.807) is 0 Å². The minimum absolute atomic E-state index is 0.0586. The van der Waals surface area contributed by atoms with Crippen molar-refractivity contribution in [2.75, 3.05) is 46.4 Å². The van der Waals surface area contributed by atoms with Gasteiger partial charge in [0, 0.05) is 19.6 Å². The summed E-state index contributed by atoms with van der Waals surface area (Å²) in [6.45, 7) is 5.90. The van der Waals surface area contributed by atoms with Gasteiger partial charge in [-0.15, -0.1) is 0 Å². The van der Waals surface area contributed by atoms with Gasteiger partial charge in [-0.1, -0.05) is 6.92 Å². The van der Waals surface area contributed by atoms with Crippen molar-refractivity contribution in [1.29, 1.82) is 0 Å². The molecule has 0 radical (unpaired) electrons. The molecule has 0 rings (SSSR count). The van der Waals surface area contributed by atoms with Crippen LogP contribution < -0.4 is 16.0 Å². The average molecular weight is 203 g/mol. The van der Waals surface area contributed by atoms with Crippen molar-refractivity contribution in [3.05, 3.63) is 0 Å². The smallest absolute Gasteiger partial charge is 0.246 e. The van der Waals surface area contributed by atoms with Crippen LogP contribution in [0.1, 0.15) is 6.92 Å². The van der Waals surface area contributed by atoms with E-state index in [0.717, 1.165) is 19.6 Å². The first-order valence-electron chi connectivity index (χ1n) is 5.01. The van der Waals surface area contributed by atoms with Crippen molar-refractivity contribution in [3.8, 4) is 0 Å². The van der Waals surface area contributed by atoms with Gasteiger partial charge in [-0.25, -0.2) is 0 Å². The first-order chi connectivity index (χ1) is 6.81. The van der Waals surface area contributed by atoms with Crippen LogP contribution in [0.5, 0.6) is 0 Å². The van der Waals surface area contributed by atoms with E-state index < -0.39 is 0 Å². The molecule has 5 heteroatoms. The lowest BCUT2D eigenvalue weighted by Gasteiger charge is -2.05. The third-order valence-electron chi connectivity index (χ3n) is 1.60. The van der Waals surface area contributed by atoms with Crippen LogP contribution in [0.15, 0.2) is 0 Å². The van der Waals surface area contributed by atoms with E-state index in [9.17, 15) is 4.79 Å². The second-order valence-electron chi connectivity index (χ2n) is 2.86. The van der Waals surface area contributed by atoms with Crippen LogP contribution in [-0.4, -0.2) is 52.3 Å². The second kappa shape index (κ2) is 10.4. The minimum Gasteiger partial charge on any atom is -0.370 e. The maximum absolute atomic E-state index is 11.1. The highest BCUT2D eigenvalue weighted by Crippen LogP contribution is 1.74. The standard InChI is InChI=1S/C9H21N3O2/c1-3-11-6-7-14-8-9(13)12-5-4-10-2/h10-11H,3-8H2,1-2H3,(H,12,13). The number of likely N-dealkylation sites (N-methyl/N-ethyl adjacent to an activating group) is 2. The summed E-state index contributed by atoms with van der Waals surface area (Å²) in [6.07, 6.45) is 0. The van der Waals surface area contributed by atoms with Gasteiger partial charge in [-0.05, 0) is 13.6 Å². The number of hydrogen-bond acceptors (Lipinski definition) is 4. The molecule has 0 saturated heterocycles. The van der Waals surface area contributed by atoms with E-state index in [2.05, 4.69) is 16.0 Å². The largest absolute Gasteiger partial charge is 0.370 e. The third-order valence-corrected chi connectivity index (χ3v) is 1.60. The molecule has 0 aromatic carbocycles. The van der Waals surface area contributed by atoms with E-state index in [4.69, 9.17) is 4.74 Å². The maximum Gasteiger partial charge on any atom is 0.246 e. The summed E-state index contributed by atoms with van der Waals surface area (Å²) >= 11 is 0. The molecule has 3 N–H and O–H groups in total. The lowest BCUT2D eigenvalue weighted by atomic mass is 10.5. The summed E-state index contributed by atoms with van der Waals surface area (Å²) in [4.78, 5) is 11.1. The Labute approximate surface area is 85.6 Å². The molecule has 1 amide bonds. The summed E-state index contributed by atoms with van der Waals surface area (Å²) in [5, 5.41) is 8.78. The zero-order chi connectivity index (χ0) is 10.6. The summed E-state index contributed by atoms with van der Waals surface area (Å²) in [7, 11) is 1.85. The number of hydrogen-bond donors (Lipinski definition) is 3. The number of nitrogens with one attached hydrogen (secondary N) is 3. The van der Waals surface area contributed by atoms with Crippen molar-refractivity contribution in [3.63, 3.8) is 0 Å². The van der Waals surface area contributed by atoms with Gasteiger partial charge in [0.05, 0.1) is 6.61 Å². The Bertz CT molecular complexity index is 142. The van der Waals surface area contributed by atoms with Gasteiger partial charge in [0.1, 0.15) is 6.61 Å². The monoisotopic (exact) mass is 203 g/mol. The number of rotatable bonds is 9. The average Bonchev–Trinajstić information content (AvgIpc) is 2.18. The molecule has 0 aromatic rings. The van der Waals surface area contributed by atoms with E-state index in [1.165, 1.54) is 0 Å². The first-order valence-corrected chi connectivity index (χ1v) is 5.01. The Morgan fingerprint density at radius 2 is 2.07 bits per heavy atom. The Morgan fingerprint density at radius 1 is 1.29 bits per heavy atom. The van der Waals surface area contributed by atoms with Gasteiger partial charge >= 0.3 is 0 Å². The fourth-order valence-corrected chi connectivity index (χ4v) is 0.864. The molecule has 84 valence electrons. The van der Waals surface area contributed by atoms with E-state index in [0.29, 0.717) is 13.2 Å². The van der Waals surface area contributed by atoms with Crippen LogP contribution in [0.2, 0.25) is 0 Å². The zero-order valence-corrected chi connectivity index (χ0v) is 9.06. The molecule has 0 atom stereocenters. The Balaban J connectivity index is 3.10. The topological polar surface area (TPSA) is 62.4 Å². The van der Waals surface area contributed by atoms with E-state index >= 15 is 0 Å². The van der Waals surface area contributed by atoms with Gasteiger partial charge in [0.15, 0.2) is 0 Å². The van der Waals surface area contributed by atoms with Crippen LogP contribution in [0.25, 0.3) is 0 Å². The van der Waals surface area contributed by atoms with Crippen molar-refractivity contribution in [1.82, 2.24) is 16.0 Å². The summed E-state index contributed by atoms with van der Waals surface area (Å²) < 4.78 is 5.13. The predicted molar refractivity (Wildman–Crippen MR) is 56.3 cm³/mol. The molecule has 0 aliphatic rings. The second-order valence-corrected chi connectivity index (χ2v) is 2.86. The normalized spacial score (nSPS) is 10.1. The third kappa shape index (κ3) is 9.44. The number of carbonyl (C=O) groups excluding carboxylic acids is 1. The molecule has 14 heavy (non-hydrogen) atoms. The van der Waals surface area contributed by atoms with Crippen molar-refractivity contribution in [2.24, 2.45) is 0 Å². The molecule has 0 saturated carbocycles. The Kier molecular flexibility index (Phi) is 9.95. The van der Waals surface area contributed by atoms with Crippen molar-refractivity contribution < 1.29 is 9.53 Å². The van der Waals surface area contributed by atoms with Gasteiger partial charge in [-0.2, -0.15) is 0 Å². The molecule has 0 bridgehead atoms. The van der Waals surface area contributed by atoms with Crippen LogP contribution in [0.3, 0.4) is 0 Å². The van der Waals surface area contributed by atoms with Crippen LogP contribution in [0, 0.1) is 0 Å². The first kappa shape index (κ1) is 13.4. The SMILES string of the molecule is CCNCCOCC(=O)NCCNC. The maximum atomic E-state index is 11.1. The summed E-state index contributed by atoms with van der Waals surface area (Å²) in [6, 6.07) is 0. The van der Waals surface area contributed by atoms with Gasteiger partial charge in [0.2, 0.25) is 5.91 Å². The van der Waals surface area contributed by atoms with E-state index in [-0.39, 0.29) is 12.5 Å². The van der Waals surface area contributed by atoms with E-state index in [1.807, 2.05) is 14.0 Å². The minimum atomic E-state index is -0.0586. The van der Waals surface area contributed by atoms with Crippen molar-refractivity contribution >= 4 is 5.91 Å². The zero-order valence-electron chi connectivity index (χ0n) is 9.06. The molecule has 0 aromatic heterocycles. The molecule has 0 aliphatic heterocycles. The Hall–Kier alpha value is -0.650. The molecule has 0 heterocycles. The highest BCUT2D eigenvalue weighted by atomic mass is 16.5. The molecular weight excluding hydrogens is 182 g/mol. The van der Waals surface area contributed by atoms with Crippen LogP contribution in [0.4, 0.5) is 0 Å². The quantitative estimate of drug-likeness (QED) is 0.418. The van der Waals surface area contributed by atoms with Gasteiger partial charge in [0.25, 0.3) is 0 Å². The summed E-state index contributed by atoms with van der Waals surface area (Å²) in [5.74, 6) is -0.0586. The molecule has 0 unspecified atom stereocenters. The highest BCUT2D eigenvalue weighted by Gasteiger charge is 1.98. The number of amides is 1. The summed E-state index contributed by atoms with van der Waals surface area (Å²) in [5.41, 5.74) is 0. The molecule has 0 fully saturated rings. The molecular formula is C9H21N3O2. The van der Waals surface area contributed by atoms with Crippen LogP contribution in [-0.2, 0) is 9.53 Å². The number of carbonyl (C=O) groups is 1. The lowest BCUT2D eigenvalue weighted by molar-refractivity contribution is -0.125. The predicted octanol–water partition coefficient (Wildman–Crippen LogP) is -1.05. The van der Waals surface area contributed by atoms with Gasteiger partial charge in [-0.3, -0.25) is 4.79 Å². The molecule has 5 nitrogen and oxygen atoms in total. The molecule has 0 spiro atoms. The Morgan fingerprint density at radius 3 is 2.71 bits per heavy atom. The number of ether oxygens (including phenoxy) is 1. The fourth-order valence-electron chi connectivity index (χ4n) is 0.864. The molecule has 0 aliphatic carbocycles. The lowest BCUT2D eigenvalue weighted by Crippen LogP contribution is -2.33.